The number of rotatable bonds is 12. The summed E-state index contributed by atoms with van der Waals surface area (Å²) in [4.78, 5) is 18.8. The normalized spacial score (nSPS) is 26.4. The van der Waals surface area contributed by atoms with Gasteiger partial charge in [-0.15, -0.1) is 0 Å². The first-order chi connectivity index (χ1) is 23.5. The lowest BCUT2D eigenvalue weighted by molar-refractivity contribution is -0.142. The van der Waals surface area contributed by atoms with Crippen LogP contribution in [0.1, 0.15) is 50.5 Å². The molecule has 0 bridgehead atoms. The zero-order valence-electron chi connectivity index (χ0n) is 28.4. The largest absolute Gasteiger partial charge is 0.469 e. The maximum absolute atomic E-state index is 16.1. The average Bonchev–Trinajstić information content (AvgIpc) is 3.47. The van der Waals surface area contributed by atoms with Gasteiger partial charge in [0.05, 0.1) is 36.0 Å². The van der Waals surface area contributed by atoms with Crippen LogP contribution in [0.3, 0.4) is 0 Å². The van der Waals surface area contributed by atoms with Gasteiger partial charge in [-0.2, -0.15) is 0 Å². The van der Waals surface area contributed by atoms with E-state index in [1.807, 2.05) is 6.07 Å². The summed E-state index contributed by atoms with van der Waals surface area (Å²) < 4.78 is 76.7. The summed E-state index contributed by atoms with van der Waals surface area (Å²) in [7, 11) is -2.16. The Morgan fingerprint density at radius 3 is 2.35 bits per heavy atom. The van der Waals surface area contributed by atoms with Crippen molar-refractivity contribution in [3.8, 4) is 0 Å². The van der Waals surface area contributed by atoms with E-state index >= 15 is 8.78 Å². The first kappa shape index (κ1) is 34.8. The number of piperidine rings is 1. The van der Waals surface area contributed by atoms with Gasteiger partial charge in [-0.05, 0) is 112 Å². The van der Waals surface area contributed by atoms with Crippen LogP contribution in [-0.4, -0.2) is 108 Å². The van der Waals surface area contributed by atoms with E-state index in [0.29, 0.717) is 32.6 Å². The van der Waals surface area contributed by atoms with Gasteiger partial charge in [0.2, 0.25) is 0 Å². The minimum atomic E-state index is -3.60. The Balaban J connectivity index is 1.05. The Morgan fingerprint density at radius 1 is 0.980 bits per heavy atom. The molecule has 7 rings (SSSR count). The van der Waals surface area contributed by atoms with E-state index in [2.05, 4.69) is 21.2 Å². The molecule has 0 spiro atoms. The third-order valence-electron chi connectivity index (χ3n) is 12.3. The smallest absolute Gasteiger partial charge is 0.305 e. The number of halogens is 3. The molecule has 268 valence electrons. The number of esters is 1. The van der Waals surface area contributed by atoms with Crippen molar-refractivity contribution in [2.45, 2.75) is 66.2 Å². The molecule has 0 radical (unpaired) electrons. The van der Waals surface area contributed by atoms with Gasteiger partial charge in [-0.1, -0.05) is 18.6 Å². The summed E-state index contributed by atoms with van der Waals surface area (Å²) in [6.07, 6.45) is 6.16. The molecule has 8 nitrogen and oxygen atoms in total. The molecule has 12 heteroatoms. The van der Waals surface area contributed by atoms with E-state index in [-0.39, 0.29) is 65.2 Å². The third kappa shape index (κ3) is 6.74. The van der Waals surface area contributed by atoms with Crippen LogP contribution in [0.2, 0.25) is 0 Å². The fourth-order valence-electron chi connectivity index (χ4n) is 9.54. The number of hydrogen-bond donors (Lipinski definition) is 1. The predicted octanol–water partition coefficient (Wildman–Crippen LogP) is 4.57. The van der Waals surface area contributed by atoms with E-state index < -0.39 is 26.6 Å². The Bertz CT molecular complexity index is 1620. The highest BCUT2D eigenvalue weighted by Gasteiger charge is 2.54. The number of carbonyl (C=O) groups excluding carboxylic acids is 1. The quantitative estimate of drug-likeness (QED) is 0.323. The molecule has 4 saturated heterocycles. The highest BCUT2D eigenvalue weighted by Crippen LogP contribution is 2.54. The maximum Gasteiger partial charge on any atom is 0.305 e. The van der Waals surface area contributed by atoms with Gasteiger partial charge in [-0.25, -0.2) is 21.6 Å². The lowest BCUT2D eigenvalue weighted by Crippen LogP contribution is -2.65. The molecular weight excluding hydrogens is 653 g/mol. The van der Waals surface area contributed by atoms with Crippen molar-refractivity contribution in [3.63, 3.8) is 0 Å². The van der Waals surface area contributed by atoms with Gasteiger partial charge in [-0.3, -0.25) is 9.69 Å². The van der Waals surface area contributed by atoms with Crippen LogP contribution >= 0.6 is 0 Å². The summed E-state index contributed by atoms with van der Waals surface area (Å²) in [6, 6.07) is 11.1. The van der Waals surface area contributed by atoms with E-state index in [4.69, 9.17) is 4.74 Å². The summed E-state index contributed by atoms with van der Waals surface area (Å²) in [5.74, 6) is -0.483. The average molecular weight is 703 g/mol. The first-order valence-electron chi connectivity index (χ1n) is 18.0. The number of anilines is 1. The molecule has 2 aromatic rings. The van der Waals surface area contributed by atoms with Crippen molar-refractivity contribution in [2.75, 3.05) is 77.5 Å². The third-order valence-corrected chi connectivity index (χ3v) is 14.4. The maximum atomic E-state index is 16.1. The number of ether oxygens (including phenoxy) is 1. The van der Waals surface area contributed by atoms with Gasteiger partial charge < -0.3 is 19.9 Å². The first-order valence-corrected chi connectivity index (χ1v) is 19.5. The summed E-state index contributed by atoms with van der Waals surface area (Å²) in [5.41, 5.74) is -0.602. The molecule has 0 aromatic heterocycles. The molecule has 3 atom stereocenters. The number of hydrogen-bond acceptors (Lipinski definition) is 8. The monoisotopic (exact) mass is 702 g/mol. The van der Waals surface area contributed by atoms with Crippen LogP contribution in [-0.2, 0) is 24.8 Å². The summed E-state index contributed by atoms with van der Waals surface area (Å²) in [5, 5.41) is 2.39. The molecule has 4 aliphatic heterocycles. The van der Waals surface area contributed by atoms with E-state index in [0.717, 1.165) is 69.8 Å². The van der Waals surface area contributed by atoms with Crippen LogP contribution in [0.5, 0.6) is 0 Å². The van der Waals surface area contributed by atoms with E-state index in [9.17, 15) is 17.6 Å². The van der Waals surface area contributed by atoms with Crippen LogP contribution in [0.4, 0.5) is 18.9 Å². The van der Waals surface area contributed by atoms with E-state index in [1.54, 1.807) is 11.0 Å². The molecule has 0 unspecified atom stereocenters. The Labute approximate surface area is 288 Å². The number of alkyl halides is 1. The zero-order chi connectivity index (χ0) is 34.4. The van der Waals surface area contributed by atoms with Crippen molar-refractivity contribution < 1.29 is 31.1 Å². The highest BCUT2D eigenvalue weighted by molar-refractivity contribution is 7.92. The number of benzene rings is 2. The van der Waals surface area contributed by atoms with Crippen molar-refractivity contribution >= 4 is 21.5 Å². The Morgan fingerprint density at radius 2 is 1.73 bits per heavy atom. The second-order valence-corrected chi connectivity index (χ2v) is 17.5. The number of carbonyl (C=O) groups is 1. The minimum absolute atomic E-state index is 0.0344. The topological polar surface area (TPSA) is 82.2 Å². The Kier molecular flexibility index (Phi) is 9.79. The molecule has 1 saturated carbocycles. The lowest BCUT2D eigenvalue weighted by Gasteiger charge is -2.54. The van der Waals surface area contributed by atoms with Crippen LogP contribution in [0, 0.1) is 29.4 Å². The number of sulfone groups is 1. The van der Waals surface area contributed by atoms with Crippen molar-refractivity contribution in [2.24, 2.45) is 17.8 Å². The van der Waals surface area contributed by atoms with Crippen molar-refractivity contribution in [1.29, 1.82) is 0 Å². The standard InChI is InChI=1S/C37H49F3N4O4S/c1-48-35(45)17-26-5-2-8-32(26)37(25-42-13-4-14-42,28-6-3-7-29(38)18-28)27-11-15-43(16-12-27)22-36(40)23-44(24-36)34-10-9-30(19-33(34)39)49(46,47)31-20-41-21-31/h3,6-7,9-10,18-19,26-27,31-32,41H,2,4-5,8,11-17,20-25H2,1H3/t26-,32+,37+/m1/s1. The van der Waals surface area contributed by atoms with Crippen LogP contribution in [0.25, 0.3) is 0 Å². The fourth-order valence-corrected chi connectivity index (χ4v) is 11.1. The molecule has 1 N–H and O–H groups in total. The molecule has 4 heterocycles. The summed E-state index contributed by atoms with van der Waals surface area (Å²) >= 11 is 0. The molecule has 1 aliphatic carbocycles. The molecule has 49 heavy (non-hydrogen) atoms. The molecule has 2 aromatic carbocycles. The number of nitrogens with zero attached hydrogens (tertiary/aromatic N) is 3. The molecule has 5 aliphatic rings. The van der Waals surface area contributed by atoms with Gasteiger partial charge >= 0.3 is 5.97 Å². The lowest BCUT2D eigenvalue weighted by atomic mass is 9.56. The number of nitrogens with one attached hydrogen (secondary N) is 1. The van der Waals surface area contributed by atoms with E-state index in [1.165, 1.54) is 25.3 Å². The highest BCUT2D eigenvalue weighted by atomic mass is 32.2. The van der Waals surface area contributed by atoms with Gasteiger partial charge in [0.25, 0.3) is 0 Å². The minimum Gasteiger partial charge on any atom is -0.469 e. The fraction of sp³-hybridized carbons (Fsp3) is 0.649. The molecule has 0 amide bonds. The van der Waals surface area contributed by atoms with Crippen LogP contribution < -0.4 is 10.2 Å². The van der Waals surface area contributed by atoms with Gasteiger partial charge in [0.1, 0.15) is 11.6 Å². The molecule has 5 fully saturated rings. The number of methoxy groups -OCH3 is 1. The predicted molar refractivity (Wildman–Crippen MR) is 182 cm³/mol. The SMILES string of the molecule is COC(=O)C[C@H]1CCC[C@@H]1[C@](CN1CCC1)(c1cccc(F)c1)C1CCN(CC2(F)CN(c3ccc(S(=O)(=O)C4CNC4)cc3F)C2)CC1. The summed E-state index contributed by atoms with van der Waals surface area (Å²) in [6.45, 7) is 5.33. The van der Waals surface area contributed by atoms with Gasteiger partial charge in [0, 0.05) is 38.0 Å². The second kappa shape index (κ2) is 13.8. The van der Waals surface area contributed by atoms with Gasteiger partial charge in [0.15, 0.2) is 15.5 Å². The Hall–Kier alpha value is -2.67. The second-order valence-electron chi connectivity index (χ2n) is 15.3. The zero-order valence-corrected chi connectivity index (χ0v) is 29.2. The molecular formula is C37H49F3N4O4S. The van der Waals surface area contributed by atoms with Crippen molar-refractivity contribution in [3.05, 3.63) is 59.7 Å². The van der Waals surface area contributed by atoms with Crippen LogP contribution in [0.15, 0.2) is 47.4 Å². The van der Waals surface area contributed by atoms with Crippen molar-refractivity contribution in [1.82, 2.24) is 15.1 Å². The number of likely N-dealkylation sites (tertiary alicyclic amines) is 2.